The summed E-state index contributed by atoms with van der Waals surface area (Å²) in [5.74, 6) is -4.00. The van der Waals surface area contributed by atoms with E-state index in [0.717, 1.165) is 6.20 Å². The lowest BCUT2D eigenvalue weighted by molar-refractivity contribution is -0.177. The minimum Gasteiger partial charge on any atom is -0.499 e. The van der Waals surface area contributed by atoms with Gasteiger partial charge in [0.2, 0.25) is 0 Å². The number of rotatable bonds is 6. The highest BCUT2D eigenvalue weighted by Gasteiger charge is 2.49. The van der Waals surface area contributed by atoms with E-state index in [2.05, 4.69) is 15.9 Å². The first-order chi connectivity index (χ1) is 17.5. The molecule has 2 aliphatic carbocycles. The molecular formula is C23H22BrF5N2O5S2. The van der Waals surface area contributed by atoms with Gasteiger partial charge in [0.1, 0.15) is 27.0 Å². The second-order valence-corrected chi connectivity index (χ2v) is 13.9. The van der Waals surface area contributed by atoms with E-state index < -0.39 is 78.4 Å². The zero-order valence-electron chi connectivity index (χ0n) is 19.9. The molecule has 208 valence electrons. The van der Waals surface area contributed by atoms with Crippen LogP contribution in [0.4, 0.5) is 27.6 Å². The number of benzene rings is 1. The lowest BCUT2D eigenvalue weighted by Crippen LogP contribution is -2.43. The van der Waals surface area contributed by atoms with Crippen LogP contribution in [0.3, 0.4) is 0 Å². The van der Waals surface area contributed by atoms with Gasteiger partial charge in [-0.15, -0.1) is 0 Å². The number of allylic oxidation sites excluding steroid dienone is 3. The van der Waals surface area contributed by atoms with Crippen molar-refractivity contribution >= 4 is 41.7 Å². The molecule has 0 radical (unpaired) electrons. The molecular weight excluding hydrogens is 623 g/mol. The third-order valence-electron chi connectivity index (χ3n) is 6.80. The normalized spacial score (nSPS) is 22.1. The topological polar surface area (TPSA) is 94.5 Å². The maximum Gasteiger partial charge on any atom is 0.392 e. The Kier molecular flexibility index (Phi) is 7.28. The van der Waals surface area contributed by atoms with E-state index in [-0.39, 0.29) is 27.9 Å². The largest absolute Gasteiger partial charge is 0.499 e. The number of hydrogen-bond acceptors (Lipinski definition) is 5. The van der Waals surface area contributed by atoms with Crippen LogP contribution in [0.5, 0.6) is 0 Å². The zero-order valence-corrected chi connectivity index (χ0v) is 23.2. The highest BCUT2D eigenvalue weighted by molar-refractivity contribution is 9.10. The fourth-order valence-corrected chi connectivity index (χ4v) is 8.25. The van der Waals surface area contributed by atoms with Gasteiger partial charge in [0.15, 0.2) is 0 Å². The monoisotopic (exact) mass is 644 g/mol. The highest BCUT2D eigenvalue weighted by atomic mass is 79.9. The molecule has 1 N–H and O–H groups in total. The fourth-order valence-electron chi connectivity index (χ4n) is 4.66. The van der Waals surface area contributed by atoms with Crippen molar-refractivity contribution < 1.29 is 43.5 Å². The van der Waals surface area contributed by atoms with Crippen molar-refractivity contribution in [2.24, 2.45) is 5.92 Å². The summed E-state index contributed by atoms with van der Waals surface area (Å²) in [7, 11) is -8.12. The second-order valence-electron chi connectivity index (χ2n) is 9.15. The Morgan fingerprint density at radius 3 is 2.47 bits per heavy atom. The number of alkyl halides is 3. The summed E-state index contributed by atoms with van der Waals surface area (Å²) in [5, 5.41) is 0. The smallest absolute Gasteiger partial charge is 0.392 e. The van der Waals surface area contributed by atoms with E-state index >= 15 is 0 Å². The first-order valence-corrected chi connectivity index (χ1v) is 14.9. The van der Waals surface area contributed by atoms with Crippen LogP contribution in [-0.4, -0.2) is 38.8 Å². The summed E-state index contributed by atoms with van der Waals surface area (Å²) < 4.78 is 130. The van der Waals surface area contributed by atoms with Crippen molar-refractivity contribution in [1.29, 1.82) is 0 Å². The molecule has 0 fully saturated rings. The zero-order chi connectivity index (χ0) is 28.3. The van der Waals surface area contributed by atoms with Gasteiger partial charge in [-0.25, -0.2) is 29.6 Å². The molecule has 1 heterocycles. The van der Waals surface area contributed by atoms with Gasteiger partial charge in [-0.1, -0.05) is 12.2 Å². The van der Waals surface area contributed by atoms with Crippen LogP contribution in [0.2, 0.25) is 0 Å². The molecule has 2 atom stereocenters. The second kappa shape index (κ2) is 9.66. The van der Waals surface area contributed by atoms with E-state index in [1.54, 1.807) is 12.2 Å². The van der Waals surface area contributed by atoms with Crippen molar-refractivity contribution in [1.82, 2.24) is 3.97 Å². The van der Waals surface area contributed by atoms with Crippen LogP contribution in [0.25, 0.3) is 0 Å². The lowest BCUT2D eigenvalue weighted by atomic mass is 9.87. The standard InChI is InChI=1S/C23H22BrF5N2O5S2/c1-22(8-4-3-5-21(22)36-2)38(34,35)31-12-20(14-7-6-13(9-19(14)31)23(27,28)29)37(32,33)30-18-11-16(25)15(24)10-17(18)26/h3-5,10-13,30H,6-9H2,1-2H3/t13-,22?/m1/s1. The molecule has 38 heavy (non-hydrogen) atoms. The molecule has 1 unspecified atom stereocenters. The number of ether oxygens (including phenoxy) is 1. The van der Waals surface area contributed by atoms with Crippen LogP contribution in [0.1, 0.15) is 31.0 Å². The van der Waals surface area contributed by atoms with E-state index in [1.165, 1.54) is 20.1 Å². The molecule has 0 spiro atoms. The highest BCUT2D eigenvalue weighted by Crippen LogP contribution is 2.43. The Hall–Kier alpha value is -2.39. The SMILES string of the molecule is COC1=CC=CCC1(C)S(=O)(=O)n1cc(S(=O)(=O)Nc2cc(F)c(Br)cc2F)c2c1C[C@H](C(F)(F)F)CC2. The molecule has 0 aliphatic heterocycles. The molecule has 7 nitrogen and oxygen atoms in total. The molecule has 2 aromatic rings. The van der Waals surface area contributed by atoms with Crippen molar-refractivity contribution in [2.45, 2.75) is 48.4 Å². The number of sulfonamides is 1. The Morgan fingerprint density at radius 1 is 1.16 bits per heavy atom. The quantitative estimate of drug-likeness (QED) is 0.335. The van der Waals surface area contributed by atoms with Crippen LogP contribution < -0.4 is 4.72 Å². The third kappa shape index (κ3) is 4.76. The van der Waals surface area contributed by atoms with E-state index in [0.29, 0.717) is 16.1 Å². The molecule has 0 bridgehead atoms. The van der Waals surface area contributed by atoms with E-state index in [1.807, 2.05) is 4.72 Å². The summed E-state index contributed by atoms with van der Waals surface area (Å²) in [6, 6.07) is 1.28. The number of nitrogens with one attached hydrogen (secondary N) is 1. The van der Waals surface area contributed by atoms with Gasteiger partial charge in [-0.3, -0.25) is 4.72 Å². The minimum absolute atomic E-state index is 0.0144. The van der Waals surface area contributed by atoms with Gasteiger partial charge in [0.25, 0.3) is 20.0 Å². The van der Waals surface area contributed by atoms with Crippen LogP contribution in [0, 0.1) is 17.6 Å². The number of anilines is 1. The Morgan fingerprint density at radius 2 is 1.84 bits per heavy atom. The summed E-state index contributed by atoms with van der Waals surface area (Å²) in [6.45, 7) is 1.32. The maximum atomic E-state index is 14.4. The number of fused-ring (bicyclic) bond motifs is 1. The number of hydrogen-bond donors (Lipinski definition) is 1. The lowest BCUT2D eigenvalue weighted by Gasteiger charge is -2.33. The van der Waals surface area contributed by atoms with Gasteiger partial charge >= 0.3 is 6.18 Å². The van der Waals surface area contributed by atoms with Gasteiger partial charge in [0, 0.05) is 24.4 Å². The van der Waals surface area contributed by atoms with Crippen LogP contribution >= 0.6 is 15.9 Å². The fraction of sp³-hybridized carbons (Fsp3) is 0.391. The minimum atomic E-state index is -4.77. The van der Waals surface area contributed by atoms with E-state index in [9.17, 15) is 38.8 Å². The van der Waals surface area contributed by atoms with Gasteiger partial charge < -0.3 is 4.74 Å². The third-order valence-corrected chi connectivity index (χ3v) is 11.2. The molecule has 1 aromatic carbocycles. The Balaban J connectivity index is 1.90. The summed E-state index contributed by atoms with van der Waals surface area (Å²) in [4.78, 5) is -0.641. The van der Waals surface area contributed by atoms with Crippen LogP contribution in [-0.2, 0) is 37.6 Å². The van der Waals surface area contributed by atoms with Crippen molar-refractivity contribution in [3.8, 4) is 0 Å². The van der Waals surface area contributed by atoms with Gasteiger partial charge in [-0.2, -0.15) is 13.2 Å². The average molecular weight is 645 g/mol. The van der Waals surface area contributed by atoms with Crippen molar-refractivity contribution in [3.63, 3.8) is 0 Å². The first-order valence-electron chi connectivity index (χ1n) is 11.2. The molecule has 0 saturated carbocycles. The Bertz CT molecular complexity index is 1570. The average Bonchev–Trinajstić information content (AvgIpc) is 3.23. The van der Waals surface area contributed by atoms with Crippen LogP contribution in [0.15, 0.2) is 51.7 Å². The predicted molar refractivity (Wildman–Crippen MR) is 132 cm³/mol. The molecule has 0 amide bonds. The predicted octanol–water partition coefficient (Wildman–Crippen LogP) is 5.42. The van der Waals surface area contributed by atoms with E-state index in [4.69, 9.17) is 4.74 Å². The first kappa shape index (κ1) is 28.6. The van der Waals surface area contributed by atoms with Gasteiger partial charge in [0.05, 0.1) is 23.2 Å². The molecule has 0 saturated heterocycles. The van der Waals surface area contributed by atoms with Gasteiger partial charge in [-0.05, 0) is 59.8 Å². The Labute approximate surface area is 224 Å². The summed E-state index contributed by atoms with van der Waals surface area (Å²) >= 11 is 2.78. The maximum absolute atomic E-state index is 14.4. The molecule has 4 rings (SSSR count). The molecule has 1 aromatic heterocycles. The summed E-state index contributed by atoms with van der Waals surface area (Å²) in [6.07, 6.45) is -1.18. The van der Waals surface area contributed by atoms with Crippen molar-refractivity contribution in [3.05, 3.63) is 69.7 Å². The number of aromatic nitrogens is 1. The molecule has 15 heteroatoms. The molecule has 2 aliphatic rings. The number of methoxy groups -OCH3 is 1. The van der Waals surface area contributed by atoms with Crippen molar-refractivity contribution in [2.75, 3.05) is 11.8 Å². The number of halogens is 6. The number of nitrogens with zero attached hydrogens (tertiary/aromatic N) is 1. The summed E-state index contributed by atoms with van der Waals surface area (Å²) in [5.41, 5.74) is -1.24.